The first-order chi connectivity index (χ1) is 7.97. The number of aromatic hydroxyl groups is 2. The summed E-state index contributed by atoms with van der Waals surface area (Å²) in [7, 11) is 0. The summed E-state index contributed by atoms with van der Waals surface area (Å²) < 4.78 is 0. The first-order valence-corrected chi connectivity index (χ1v) is 5.33. The molecule has 0 saturated carbocycles. The van der Waals surface area contributed by atoms with Crippen LogP contribution in [0.4, 0.5) is 5.69 Å². The Hall–Kier alpha value is -2.04. The number of ketones is 1. The maximum absolute atomic E-state index is 11.6. The van der Waals surface area contributed by atoms with Crippen LogP contribution in [0.1, 0.15) is 37.0 Å². The number of anilines is 1. The summed E-state index contributed by atoms with van der Waals surface area (Å²) in [5.74, 6) is -1.58. The molecule has 0 aliphatic carbocycles. The average Bonchev–Trinajstić information content (AvgIpc) is 2.24. The molecular weight excluding hydrogens is 222 g/mol. The van der Waals surface area contributed by atoms with E-state index in [-0.39, 0.29) is 22.9 Å². The molecule has 0 aliphatic rings. The molecule has 5 heteroatoms. The summed E-state index contributed by atoms with van der Waals surface area (Å²) in [5.41, 5.74) is 0.154. The summed E-state index contributed by atoms with van der Waals surface area (Å²) in [6, 6.07) is 2.78. The highest BCUT2D eigenvalue weighted by atomic mass is 16.3. The Morgan fingerprint density at radius 1 is 1.24 bits per heavy atom. The Morgan fingerprint density at radius 3 is 2.41 bits per heavy atom. The van der Waals surface area contributed by atoms with Crippen molar-refractivity contribution in [2.75, 3.05) is 5.32 Å². The largest absolute Gasteiger partial charge is 0.504 e. The zero-order chi connectivity index (χ0) is 13.0. The van der Waals surface area contributed by atoms with Gasteiger partial charge in [0.15, 0.2) is 17.3 Å². The minimum atomic E-state index is -0.491. The first-order valence-electron chi connectivity index (χ1n) is 5.33. The normalized spacial score (nSPS) is 10.0. The molecule has 1 aromatic rings. The van der Waals surface area contributed by atoms with Crippen molar-refractivity contribution >= 4 is 17.4 Å². The van der Waals surface area contributed by atoms with Crippen molar-refractivity contribution in [1.82, 2.24) is 0 Å². The number of carbonyl (C=O) groups is 2. The standard InChI is InChI=1S/C12H15NO4/c1-3-4-10(15)8-5-6-9(13-7(2)14)12(17)11(8)16/h5-6,16-17H,3-4H2,1-2H3,(H,13,14). The monoisotopic (exact) mass is 237 g/mol. The maximum atomic E-state index is 11.6. The number of phenols is 2. The summed E-state index contributed by atoms with van der Waals surface area (Å²) >= 11 is 0. The Bertz CT molecular complexity index is 454. The van der Waals surface area contributed by atoms with E-state index in [2.05, 4.69) is 5.32 Å². The third kappa shape index (κ3) is 2.96. The lowest BCUT2D eigenvalue weighted by Crippen LogP contribution is -2.07. The zero-order valence-electron chi connectivity index (χ0n) is 9.78. The van der Waals surface area contributed by atoms with Gasteiger partial charge in [0.05, 0.1) is 11.3 Å². The van der Waals surface area contributed by atoms with Crippen LogP contribution < -0.4 is 5.32 Å². The maximum Gasteiger partial charge on any atom is 0.221 e. The van der Waals surface area contributed by atoms with E-state index in [1.54, 1.807) is 0 Å². The molecule has 0 heterocycles. The van der Waals surface area contributed by atoms with Crippen LogP contribution in [0.3, 0.4) is 0 Å². The number of hydrogen-bond acceptors (Lipinski definition) is 4. The molecule has 92 valence electrons. The van der Waals surface area contributed by atoms with Gasteiger partial charge in [-0.15, -0.1) is 0 Å². The lowest BCUT2D eigenvalue weighted by atomic mass is 10.0. The fourth-order valence-corrected chi connectivity index (χ4v) is 1.46. The molecule has 0 aromatic heterocycles. The number of hydrogen-bond donors (Lipinski definition) is 3. The predicted molar refractivity (Wildman–Crippen MR) is 63.3 cm³/mol. The van der Waals surface area contributed by atoms with E-state index in [9.17, 15) is 19.8 Å². The van der Waals surface area contributed by atoms with Gasteiger partial charge < -0.3 is 15.5 Å². The number of phenolic OH excluding ortho intramolecular Hbond substituents is 2. The molecule has 1 amide bonds. The summed E-state index contributed by atoms with van der Waals surface area (Å²) in [4.78, 5) is 22.4. The Kier molecular flexibility index (Phi) is 4.09. The van der Waals surface area contributed by atoms with E-state index in [0.29, 0.717) is 12.8 Å². The van der Waals surface area contributed by atoms with Crippen LogP contribution in [-0.4, -0.2) is 21.9 Å². The molecule has 0 atom stereocenters. The predicted octanol–water partition coefficient (Wildman–Crippen LogP) is 2.04. The van der Waals surface area contributed by atoms with Gasteiger partial charge >= 0.3 is 0 Å². The van der Waals surface area contributed by atoms with Gasteiger partial charge in [0.1, 0.15) is 0 Å². The lowest BCUT2D eigenvalue weighted by Gasteiger charge is -2.09. The third-order valence-electron chi connectivity index (χ3n) is 2.24. The van der Waals surface area contributed by atoms with E-state index >= 15 is 0 Å². The molecule has 0 fully saturated rings. The molecule has 0 radical (unpaired) electrons. The fraction of sp³-hybridized carbons (Fsp3) is 0.333. The molecular formula is C12H15NO4. The van der Waals surface area contributed by atoms with E-state index in [1.807, 2.05) is 6.92 Å². The van der Waals surface area contributed by atoms with E-state index in [1.165, 1.54) is 19.1 Å². The van der Waals surface area contributed by atoms with Crippen LogP contribution in [0, 0.1) is 0 Å². The highest BCUT2D eigenvalue weighted by Gasteiger charge is 2.16. The highest BCUT2D eigenvalue weighted by Crippen LogP contribution is 2.36. The molecule has 3 N–H and O–H groups in total. The summed E-state index contributed by atoms with van der Waals surface area (Å²) in [6.07, 6.45) is 0.957. The van der Waals surface area contributed by atoms with Crippen molar-refractivity contribution in [3.8, 4) is 11.5 Å². The van der Waals surface area contributed by atoms with Gasteiger partial charge in [0.2, 0.25) is 5.91 Å². The SMILES string of the molecule is CCCC(=O)c1ccc(NC(C)=O)c(O)c1O. The topological polar surface area (TPSA) is 86.6 Å². The van der Waals surface area contributed by atoms with Crippen molar-refractivity contribution in [2.45, 2.75) is 26.7 Å². The Balaban J connectivity index is 3.10. The van der Waals surface area contributed by atoms with Crippen LogP contribution in [0.5, 0.6) is 11.5 Å². The van der Waals surface area contributed by atoms with Crippen molar-refractivity contribution in [3.63, 3.8) is 0 Å². The van der Waals surface area contributed by atoms with Gasteiger partial charge in [0, 0.05) is 13.3 Å². The number of amides is 1. The van der Waals surface area contributed by atoms with E-state index in [4.69, 9.17) is 0 Å². The quantitative estimate of drug-likeness (QED) is 0.552. The molecule has 5 nitrogen and oxygen atoms in total. The summed E-state index contributed by atoms with van der Waals surface area (Å²) in [5, 5.41) is 21.6. The Labute approximate surface area is 99.1 Å². The summed E-state index contributed by atoms with van der Waals surface area (Å²) in [6.45, 7) is 3.13. The van der Waals surface area contributed by atoms with Gasteiger partial charge in [-0.3, -0.25) is 9.59 Å². The lowest BCUT2D eigenvalue weighted by molar-refractivity contribution is -0.114. The van der Waals surface area contributed by atoms with Crippen molar-refractivity contribution < 1.29 is 19.8 Å². The number of rotatable bonds is 4. The van der Waals surface area contributed by atoms with E-state index < -0.39 is 11.5 Å². The van der Waals surface area contributed by atoms with Crippen molar-refractivity contribution in [2.24, 2.45) is 0 Å². The van der Waals surface area contributed by atoms with Crippen LogP contribution in [0.25, 0.3) is 0 Å². The number of nitrogens with one attached hydrogen (secondary N) is 1. The van der Waals surface area contributed by atoms with Crippen molar-refractivity contribution in [3.05, 3.63) is 17.7 Å². The molecule has 1 rings (SSSR count). The third-order valence-corrected chi connectivity index (χ3v) is 2.24. The number of benzene rings is 1. The zero-order valence-corrected chi connectivity index (χ0v) is 9.78. The average molecular weight is 237 g/mol. The van der Waals surface area contributed by atoms with Gasteiger partial charge in [-0.2, -0.15) is 0 Å². The molecule has 17 heavy (non-hydrogen) atoms. The molecule has 0 bridgehead atoms. The minimum Gasteiger partial charge on any atom is -0.504 e. The second-order valence-corrected chi connectivity index (χ2v) is 3.71. The smallest absolute Gasteiger partial charge is 0.221 e. The van der Waals surface area contributed by atoms with Crippen LogP contribution in [0.2, 0.25) is 0 Å². The highest BCUT2D eigenvalue weighted by molar-refractivity contribution is 6.01. The van der Waals surface area contributed by atoms with E-state index in [0.717, 1.165) is 0 Å². The molecule has 0 aliphatic heterocycles. The van der Waals surface area contributed by atoms with Crippen LogP contribution >= 0.6 is 0 Å². The number of Topliss-reactive ketones (excluding diaryl/α,β-unsaturated/α-hetero) is 1. The molecule has 0 unspecified atom stereocenters. The Morgan fingerprint density at radius 2 is 1.88 bits per heavy atom. The van der Waals surface area contributed by atoms with Crippen LogP contribution in [0.15, 0.2) is 12.1 Å². The fourth-order valence-electron chi connectivity index (χ4n) is 1.46. The second-order valence-electron chi connectivity index (χ2n) is 3.71. The van der Waals surface area contributed by atoms with Gasteiger partial charge in [-0.05, 0) is 18.6 Å². The van der Waals surface area contributed by atoms with Gasteiger partial charge in [-0.1, -0.05) is 6.92 Å². The van der Waals surface area contributed by atoms with Gasteiger partial charge in [-0.25, -0.2) is 0 Å². The minimum absolute atomic E-state index is 0.0680. The molecule has 0 spiro atoms. The first kappa shape index (κ1) is 13.0. The number of carbonyl (C=O) groups excluding carboxylic acids is 2. The van der Waals surface area contributed by atoms with Gasteiger partial charge in [0.25, 0.3) is 0 Å². The van der Waals surface area contributed by atoms with Crippen molar-refractivity contribution in [1.29, 1.82) is 0 Å². The van der Waals surface area contributed by atoms with Crippen LogP contribution in [-0.2, 0) is 4.79 Å². The molecule has 1 aromatic carbocycles. The molecule has 0 saturated heterocycles. The second kappa shape index (κ2) is 5.34.